The van der Waals surface area contributed by atoms with E-state index >= 15 is 0 Å². The van der Waals surface area contributed by atoms with Crippen molar-refractivity contribution in [3.63, 3.8) is 0 Å². The second kappa shape index (κ2) is 7.75. The predicted molar refractivity (Wildman–Crippen MR) is 113 cm³/mol. The summed E-state index contributed by atoms with van der Waals surface area (Å²) in [7, 11) is 0. The Balaban J connectivity index is 1.32. The number of anilines is 3. The molecule has 5 rings (SSSR count). The van der Waals surface area contributed by atoms with Crippen molar-refractivity contribution >= 4 is 34.1 Å². The van der Waals surface area contributed by atoms with Gasteiger partial charge in [-0.1, -0.05) is 12.1 Å². The van der Waals surface area contributed by atoms with Crippen LogP contribution in [0.1, 0.15) is 5.56 Å². The SMILES string of the molecule is O=C(Cc1ccc2c(c1)OCCO2)Nc1n[nH]c2ccc(Nc3ccccn3)cc12. The molecule has 0 unspecified atom stereocenters. The quantitative estimate of drug-likeness (QED) is 0.472. The van der Waals surface area contributed by atoms with E-state index in [9.17, 15) is 4.79 Å². The number of carbonyl (C=O) groups is 1. The van der Waals surface area contributed by atoms with Crippen molar-refractivity contribution in [3.05, 3.63) is 66.4 Å². The van der Waals surface area contributed by atoms with Crippen molar-refractivity contribution in [3.8, 4) is 11.5 Å². The molecule has 0 aliphatic carbocycles. The van der Waals surface area contributed by atoms with E-state index < -0.39 is 0 Å². The largest absolute Gasteiger partial charge is 0.486 e. The Labute approximate surface area is 172 Å². The number of carbonyl (C=O) groups excluding carboxylic acids is 1. The fourth-order valence-electron chi connectivity index (χ4n) is 3.33. The van der Waals surface area contributed by atoms with Gasteiger partial charge in [0.25, 0.3) is 0 Å². The van der Waals surface area contributed by atoms with Crippen LogP contribution in [0.25, 0.3) is 10.9 Å². The van der Waals surface area contributed by atoms with Gasteiger partial charge in [0.05, 0.1) is 11.9 Å². The first kappa shape index (κ1) is 18.0. The maximum absolute atomic E-state index is 12.6. The number of aromatic nitrogens is 3. The number of hydrogen-bond acceptors (Lipinski definition) is 6. The first-order chi connectivity index (χ1) is 14.7. The van der Waals surface area contributed by atoms with Gasteiger partial charge in [-0.25, -0.2) is 4.98 Å². The average Bonchev–Trinajstić information content (AvgIpc) is 3.16. The van der Waals surface area contributed by atoms with Gasteiger partial charge in [0, 0.05) is 17.3 Å². The summed E-state index contributed by atoms with van der Waals surface area (Å²) in [6.45, 7) is 1.05. The van der Waals surface area contributed by atoms with Crippen molar-refractivity contribution < 1.29 is 14.3 Å². The number of fused-ring (bicyclic) bond motifs is 2. The first-order valence-corrected chi connectivity index (χ1v) is 9.59. The van der Waals surface area contributed by atoms with Crippen molar-refractivity contribution in [2.45, 2.75) is 6.42 Å². The molecule has 30 heavy (non-hydrogen) atoms. The second-order valence-corrected chi connectivity index (χ2v) is 6.88. The molecule has 2 aromatic carbocycles. The lowest BCUT2D eigenvalue weighted by Crippen LogP contribution is -2.17. The molecule has 3 heterocycles. The van der Waals surface area contributed by atoms with Crippen LogP contribution in [0.5, 0.6) is 11.5 Å². The minimum absolute atomic E-state index is 0.164. The highest BCUT2D eigenvalue weighted by Crippen LogP contribution is 2.31. The summed E-state index contributed by atoms with van der Waals surface area (Å²) in [5, 5.41) is 14.1. The van der Waals surface area contributed by atoms with Crippen molar-refractivity contribution in [2.75, 3.05) is 23.8 Å². The van der Waals surface area contributed by atoms with E-state index in [2.05, 4.69) is 25.8 Å². The molecule has 150 valence electrons. The van der Waals surface area contributed by atoms with Gasteiger partial charge in [-0.2, -0.15) is 5.10 Å². The summed E-state index contributed by atoms with van der Waals surface area (Å²) >= 11 is 0. The number of benzene rings is 2. The third-order valence-electron chi connectivity index (χ3n) is 4.73. The maximum Gasteiger partial charge on any atom is 0.230 e. The van der Waals surface area contributed by atoms with E-state index in [0.29, 0.717) is 30.5 Å². The summed E-state index contributed by atoms with van der Waals surface area (Å²) < 4.78 is 11.1. The predicted octanol–water partition coefficient (Wildman–Crippen LogP) is 3.65. The number of nitrogens with one attached hydrogen (secondary N) is 3. The Morgan fingerprint density at radius 1 is 1.03 bits per heavy atom. The Hall–Kier alpha value is -4.07. The van der Waals surface area contributed by atoms with Crippen LogP contribution >= 0.6 is 0 Å². The van der Waals surface area contributed by atoms with Crippen LogP contribution < -0.4 is 20.1 Å². The molecule has 0 saturated heterocycles. The molecule has 1 aliphatic heterocycles. The number of hydrogen-bond donors (Lipinski definition) is 3. The number of H-pyrrole nitrogens is 1. The second-order valence-electron chi connectivity index (χ2n) is 6.88. The third-order valence-corrected chi connectivity index (χ3v) is 4.73. The van der Waals surface area contributed by atoms with E-state index in [1.807, 2.05) is 54.6 Å². The summed E-state index contributed by atoms with van der Waals surface area (Å²) in [6, 6.07) is 16.9. The van der Waals surface area contributed by atoms with Crippen molar-refractivity contribution in [2.24, 2.45) is 0 Å². The number of aromatic amines is 1. The zero-order valence-corrected chi connectivity index (χ0v) is 16.0. The molecule has 0 fully saturated rings. The van der Waals surface area contributed by atoms with Crippen LogP contribution in [0, 0.1) is 0 Å². The van der Waals surface area contributed by atoms with Gasteiger partial charge in [0.1, 0.15) is 19.0 Å². The zero-order valence-electron chi connectivity index (χ0n) is 16.0. The Kier molecular flexibility index (Phi) is 4.65. The Bertz CT molecular complexity index is 1210. The van der Waals surface area contributed by atoms with E-state index in [-0.39, 0.29) is 12.3 Å². The van der Waals surface area contributed by atoms with Gasteiger partial charge in [-0.3, -0.25) is 9.89 Å². The lowest BCUT2D eigenvalue weighted by molar-refractivity contribution is -0.115. The normalized spacial score (nSPS) is 12.5. The summed E-state index contributed by atoms with van der Waals surface area (Å²) in [5.41, 5.74) is 2.52. The molecule has 0 spiro atoms. The standard InChI is InChI=1S/C22H19N5O3/c28-21(12-14-4-7-18-19(11-14)30-10-9-29-18)25-22-16-13-15(5-6-17(16)26-27-22)24-20-3-1-2-8-23-20/h1-8,11,13H,9-10,12H2,(H,23,24)(H2,25,26,27,28). The van der Waals surface area contributed by atoms with Crippen LogP contribution in [0.2, 0.25) is 0 Å². The van der Waals surface area contributed by atoms with Gasteiger partial charge < -0.3 is 20.1 Å². The minimum atomic E-state index is -0.164. The van der Waals surface area contributed by atoms with Gasteiger partial charge >= 0.3 is 0 Å². The molecule has 4 aromatic rings. The number of rotatable bonds is 5. The zero-order chi connectivity index (χ0) is 20.3. The molecular formula is C22H19N5O3. The van der Waals surface area contributed by atoms with Crippen molar-refractivity contribution in [1.82, 2.24) is 15.2 Å². The highest BCUT2D eigenvalue weighted by atomic mass is 16.6. The number of ether oxygens (including phenoxy) is 2. The molecule has 0 atom stereocenters. The smallest absolute Gasteiger partial charge is 0.230 e. The maximum atomic E-state index is 12.6. The van der Waals surface area contributed by atoms with Crippen molar-refractivity contribution in [1.29, 1.82) is 0 Å². The minimum Gasteiger partial charge on any atom is -0.486 e. The third kappa shape index (κ3) is 3.75. The molecule has 8 heteroatoms. The molecule has 0 saturated carbocycles. The van der Waals surface area contributed by atoms with Gasteiger partial charge in [0.2, 0.25) is 5.91 Å². The molecule has 2 aromatic heterocycles. The highest BCUT2D eigenvalue weighted by molar-refractivity contribution is 6.01. The molecular weight excluding hydrogens is 382 g/mol. The lowest BCUT2D eigenvalue weighted by atomic mass is 10.1. The number of amides is 1. The topological polar surface area (TPSA) is 101 Å². The Morgan fingerprint density at radius 3 is 2.80 bits per heavy atom. The monoisotopic (exact) mass is 401 g/mol. The highest BCUT2D eigenvalue weighted by Gasteiger charge is 2.15. The van der Waals surface area contributed by atoms with Crippen LogP contribution in [0.4, 0.5) is 17.3 Å². The van der Waals surface area contributed by atoms with E-state index in [1.165, 1.54) is 0 Å². The molecule has 1 aliphatic rings. The molecule has 8 nitrogen and oxygen atoms in total. The Morgan fingerprint density at radius 2 is 1.93 bits per heavy atom. The first-order valence-electron chi connectivity index (χ1n) is 9.59. The fourth-order valence-corrected chi connectivity index (χ4v) is 3.33. The summed E-state index contributed by atoms with van der Waals surface area (Å²) in [6.07, 6.45) is 1.93. The number of nitrogens with zero attached hydrogens (tertiary/aromatic N) is 2. The summed E-state index contributed by atoms with van der Waals surface area (Å²) in [5.74, 6) is 2.43. The van der Waals surface area contributed by atoms with Crippen LogP contribution in [-0.4, -0.2) is 34.3 Å². The van der Waals surface area contributed by atoms with Crippen LogP contribution in [-0.2, 0) is 11.2 Å². The van der Waals surface area contributed by atoms with Gasteiger partial charge in [-0.05, 0) is 48.0 Å². The van der Waals surface area contributed by atoms with Gasteiger partial charge in [0.15, 0.2) is 17.3 Å². The molecule has 0 radical (unpaired) electrons. The van der Waals surface area contributed by atoms with E-state index in [0.717, 1.165) is 28.0 Å². The summed E-state index contributed by atoms with van der Waals surface area (Å²) in [4.78, 5) is 16.9. The molecule has 1 amide bonds. The molecule has 3 N–H and O–H groups in total. The average molecular weight is 401 g/mol. The lowest BCUT2D eigenvalue weighted by Gasteiger charge is -2.18. The number of pyridine rings is 1. The van der Waals surface area contributed by atoms with Gasteiger partial charge in [-0.15, -0.1) is 0 Å². The molecule has 0 bridgehead atoms. The van der Waals surface area contributed by atoms with E-state index in [4.69, 9.17) is 9.47 Å². The fraction of sp³-hybridized carbons (Fsp3) is 0.136. The van der Waals surface area contributed by atoms with Crippen LogP contribution in [0.15, 0.2) is 60.8 Å². The van der Waals surface area contributed by atoms with Crippen LogP contribution in [0.3, 0.4) is 0 Å². The van der Waals surface area contributed by atoms with E-state index in [1.54, 1.807) is 6.20 Å².